The minimum absolute atomic E-state index is 0.218. The summed E-state index contributed by atoms with van der Waals surface area (Å²) in [6.07, 6.45) is 2.11. The van der Waals surface area contributed by atoms with Gasteiger partial charge in [-0.3, -0.25) is 4.79 Å². The first kappa shape index (κ1) is 14.4. The second kappa shape index (κ2) is 6.09. The molecular weight excluding hydrogens is 284 g/mol. The Morgan fingerprint density at radius 3 is 3.09 bits per heavy atom. The van der Waals surface area contributed by atoms with Crippen molar-refractivity contribution >= 4 is 5.91 Å². The van der Waals surface area contributed by atoms with Crippen molar-refractivity contribution in [2.45, 2.75) is 13.3 Å². The summed E-state index contributed by atoms with van der Waals surface area (Å²) in [6, 6.07) is 5.85. The fraction of sp³-hybridized carbons (Fsp3) is 0.375. The lowest BCUT2D eigenvalue weighted by molar-refractivity contribution is 0.0932. The maximum atomic E-state index is 12.0. The lowest BCUT2D eigenvalue weighted by atomic mass is 9.96. The summed E-state index contributed by atoms with van der Waals surface area (Å²) in [5.41, 5.74) is 1.43. The third-order valence-electron chi connectivity index (χ3n) is 3.76. The van der Waals surface area contributed by atoms with Crippen LogP contribution in [0.15, 0.2) is 29.0 Å². The number of hydrogen-bond donors (Lipinski definition) is 1. The number of para-hydroxylation sites is 1. The summed E-state index contributed by atoms with van der Waals surface area (Å²) in [6.45, 7) is 2.79. The number of aromatic nitrogens is 1. The zero-order valence-corrected chi connectivity index (χ0v) is 12.6. The van der Waals surface area contributed by atoms with Crippen molar-refractivity contribution in [2.24, 2.45) is 5.92 Å². The Balaban J connectivity index is 1.61. The van der Waals surface area contributed by atoms with Crippen molar-refractivity contribution in [3.05, 3.63) is 41.6 Å². The first-order chi connectivity index (χ1) is 10.7. The fourth-order valence-corrected chi connectivity index (χ4v) is 2.59. The van der Waals surface area contributed by atoms with Gasteiger partial charge in [-0.25, -0.2) is 4.98 Å². The Labute approximate surface area is 128 Å². The first-order valence-electron chi connectivity index (χ1n) is 7.16. The Morgan fingerprint density at radius 2 is 2.36 bits per heavy atom. The molecule has 1 aliphatic rings. The van der Waals surface area contributed by atoms with Crippen LogP contribution in [0, 0.1) is 12.8 Å². The van der Waals surface area contributed by atoms with Gasteiger partial charge in [-0.15, -0.1) is 0 Å². The van der Waals surface area contributed by atoms with Gasteiger partial charge in [0.25, 0.3) is 5.91 Å². The van der Waals surface area contributed by atoms with Gasteiger partial charge >= 0.3 is 0 Å². The molecule has 6 heteroatoms. The molecule has 0 saturated carbocycles. The van der Waals surface area contributed by atoms with Crippen LogP contribution in [0.5, 0.6) is 11.5 Å². The van der Waals surface area contributed by atoms with Crippen LogP contribution in [-0.4, -0.2) is 31.2 Å². The monoisotopic (exact) mass is 302 g/mol. The Bertz CT molecular complexity index is 681. The quantitative estimate of drug-likeness (QED) is 0.934. The lowest BCUT2D eigenvalue weighted by Crippen LogP contribution is -2.35. The number of carbonyl (C=O) groups excluding carboxylic acids is 1. The first-order valence-corrected chi connectivity index (χ1v) is 7.16. The molecule has 0 bridgehead atoms. The molecule has 1 atom stereocenters. The van der Waals surface area contributed by atoms with Crippen LogP contribution in [0.25, 0.3) is 0 Å². The van der Waals surface area contributed by atoms with Crippen LogP contribution < -0.4 is 14.8 Å². The number of benzene rings is 1. The summed E-state index contributed by atoms with van der Waals surface area (Å²) in [5, 5.41) is 2.88. The van der Waals surface area contributed by atoms with E-state index < -0.39 is 0 Å². The zero-order valence-electron chi connectivity index (χ0n) is 12.6. The average molecular weight is 302 g/mol. The van der Waals surface area contributed by atoms with E-state index in [0.29, 0.717) is 24.6 Å². The van der Waals surface area contributed by atoms with E-state index in [1.807, 2.05) is 18.2 Å². The number of nitrogens with one attached hydrogen (secondary N) is 1. The fourth-order valence-electron chi connectivity index (χ4n) is 2.59. The molecule has 1 aromatic carbocycles. The molecule has 116 valence electrons. The molecule has 22 heavy (non-hydrogen) atoms. The van der Waals surface area contributed by atoms with Crippen molar-refractivity contribution in [1.29, 1.82) is 0 Å². The van der Waals surface area contributed by atoms with Crippen molar-refractivity contribution < 1.29 is 18.7 Å². The lowest BCUT2D eigenvalue weighted by Gasteiger charge is -2.26. The predicted octanol–water partition coefficient (Wildman–Crippen LogP) is 1.97. The van der Waals surface area contributed by atoms with Crippen LogP contribution in [0.1, 0.15) is 21.8 Å². The van der Waals surface area contributed by atoms with E-state index in [2.05, 4.69) is 10.3 Å². The molecule has 0 fully saturated rings. The number of amides is 1. The van der Waals surface area contributed by atoms with E-state index in [-0.39, 0.29) is 11.8 Å². The van der Waals surface area contributed by atoms with Gasteiger partial charge in [-0.05, 0) is 25.0 Å². The number of oxazole rings is 1. The number of aryl methyl sites for hydroxylation is 1. The van der Waals surface area contributed by atoms with Gasteiger partial charge in [-0.1, -0.05) is 12.1 Å². The topological polar surface area (TPSA) is 73.6 Å². The molecule has 6 nitrogen and oxygen atoms in total. The molecule has 2 aromatic rings. The number of rotatable bonds is 4. The van der Waals surface area contributed by atoms with Crippen LogP contribution >= 0.6 is 0 Å². The molecule has 1 aromatic heterocycles. The second-order valence-electron chi connectivity index (χ2n) is 5.30. The van der Waals surface area contributed by atoms with Gasteiger partial charge in [0.2, 0.25) is 0 Å². The molecule has 1 amide bonds. The maximum Gasteiger partial charge on any atom is 0.273 e. The maximum absolute atomic E-state index is 12.0. The van der Waals surface area contributed by atoms with E-state index in [4.69, 9.17) is 13.9 Å². The minimum atomic E-state index is -0.220. The molecule has 0 spiro atoms. The van der Waals surface area contributed by atoms with Gasteiger partial charge in [0.05, 0.1) is 13.7 Å². The Hall–Kier alpha value is -2.50. The normalized spacial score (nSPS) is 16.5. The second-order valence-corrected chi connectivity index (χ2v) is 5.30. The van der Waals surface area contributed by atoms with E-state index >= 15 is 0 Å². The highest BCUT2D eigenvalue weighted by Crippen LogP contribution is 2.35. The summed E-state index contributed by atoms with van der Waals surface area (Å²) in [4.78, 5) is 15.9. The summed E-state index contributed by atoms with van der Waals surface area (Å²) < 4.78 is 16.1. The average Bonchev–Trinajstić information content (AvgIpc) is 2.97. The Kier molecular flexibility index (Phi) is 4.00. The van der Waals surface area contributed by atoms with E-state index in [1.165, 1.54) is 6.39 Å². The molecule has 1 N–H and O–H groups in total. The number of fused-ring (bicyclic) bond motifs is 1. The van der Waals surface area contributed by atoms with E-state index in [1.54, 1.807) is 14.0 Å². The van der Waals surface area contributed by atoms with Crippen molar-refractivity contribution in [3.63, 3.8) is 0 Å². The third-order valence-corrected chi connectivity index (χ3v) is 3.76. The molecular formula is C16H18N2O4. The van der Waals surface area contributed by atoms with E-state index in [0.717, 1.165) is 23.5 Å². The minimum Gasteiger partial charge on any atom is -0.493 e. The van der Waals surface area contributed by atoms with Gasteiger partial charge in [0.15, 0.2) is 23.6 Å². The van der Waals surface area contributed by atoms with Crippen molar-refractivity contribution in [1.82, 2.24) is 10.3 Å². The van der Waals surface area contributed by atoms with Crippen LogP contribution in [0.3, 0.4) is 0 Å². The van der Waals surface area contributed by atoms with Crippen LogP contribution in [-0.2, 0) is 6.42 Å². The smallest absolute Gasteiger partial charge is 0.273 e. The predicted molar refractivity (Wildman–Crippen MR) is 79.3 cm³/mol. The number of ether oxygens (including phenoxy) is 2. The highest BCUT2D eigenvalue weighted by molar-refractivity contribution is 5.93. The number of nitrogens with zero attached hydrogens (tertiary/aromatic N) is 1. The third kappa shape index (κ3) is 2.77. The van der Waals surface area contributed by atoms with Gasteiger partial charge in [-0.2, -0.15) is 0 Å². The molecule has 0 aliphatic carbocycles. The van der Waals surface area contributed by atoms with Crippen LogP contribution in [0.4, 0.5) is 0 Å². The molecule has 0 radical (unpaired) electrons. The summed E-state index contributed by atoms with van der Waals surface area (Å²) >= 11 is 0. The summed E-state index contributed by atoms with van der Waals surface area (Å²) in [7, 11) is 1.63. The largest absolute Gasteiger partial charge is 0.493 e. The SMILES string of the molecule is COc1cccc2c1OC[C@H](CNC(=O)c1ncoc1C)C2. The molecule has 3 rings (SSSR count). The van der Waals surface area contributed by atoms with Crippen molar-refractivity contribution in [3.8, 4) is 11.5 Å². The molecule has 0 unspecified atom stereocenters. The van der Waals surface area contributed by atoms with E-state index in [9.17, 15) is 4.79 Å². The van der Waals surface area contributed by atoms with Gasteiger partial charge in [0.1, 0.15) is 5.76 Å². The van der Waals surface area contributed by atoms with Gasteiger partial charge in [0, 0.05) is 12.5 Å². The van der Waals surface area contributed by atoms with Crippen LogP contribution in [0.2, 0.25) is 0 Å². The Morgan fingerprint density at radius 1 is 1.50 bits per heavy atom. The molecule has 1 aliphatic heterocycles. The summed E-state index contributed by atoms with van der Waals surface area (Å²) in [5.74, 6) is 2.07. The van der Waals surface area contributed by atoms with Gasteiger partial charge < -0.3 is 19.2 Å². The highest BCUT2D eigenvalue weighted by atomic mass is 16.5. The number of hydrogen-bond acceptors (Lipinski definition) is 5. The molecule has 2 heterocycles. The number of methoxy groups -OCH3 is 1. The number of carbonyl (C=O) groups is 1. The highest BCUT2D eigenvalue weighted by Gasteiger charge is 2.23. The zero-order chi connectivity index (χ0) is 15.5. The standard InChI is InChI=1S/C16H18N2O4/c1-10-14(18-9-22-10)16(19)17-7-11-6-12-4-3-5-13(20-2)15(12)21-8-11/h3-5,9,11H,6-8H2,1-2H3,(H,17,19)/t11-/m0/s1. The van der Waals surface area contributed by atoms with Crippen molar-refractivity contribution in [2.75, 3.05) is 20.3 Å². The molecule has 0 saturated heterocycles.